The molecule has 2 N–H and O–H groups in total. The van der Waals surface area contributed by atoms with Crippen molar-refractivity contribution in [2.45, 2.75) is 25.4 Å². The van der Waals surface area contributed by atoms with Gasteiger partial charge in [0.25, 0.3) is 0 Å². The number of rotatable bonds is 3. The van der Waals surface area contributed by atoms with Crippen LogP contribution in [0.1, 0.15) is 24.9 Å². The van der Waals surface area contributed by atoms with Crippen LogP contribution >= 0.6 is 0 Å². The minimum absolute atomic E-state index is 0.172. The first-order chi connectivity index (χ1) is 7.20. The third-order valence-electron chi connectivity index (χ3n) is 3.02. The third kappa shape index (κ3) is 2.19. The van der Waals surface area contributed by atoms with E-state index in [4.69, 9.17) is 5.73 Å². The van der Waals surface area contributed by atoms with Crippen LogP contribution in [-0.2, 0) is 0 Å². The molecular formula is C12H17FN2. The third-order valence-corrected chi connectivity index (χ3v) is 3.02. The zero-order chi connectivity index (χ0) is 10.8. The van der Waals surface area contributed by atoms with Gasteiger partial charge in [-0.15, -0.1) is 0 Å². The summed E-state index contributed by atoms with van der Waals surface area (Å²) in [5, 5.41) is 0. The first-order valence-electron chi connectivity index (χ1n) is 5.45. The number of nitrogens with two attached hydrogens (primary N) is 1. The molecule has 1 aromatic carbocycles. The number of benzene rings is 1. The van der Waals surface area contributed by atoms with Gasteiger partial charge in [-0.05, 0) is 24.1 Å². The molecule has 2 rings (SSSR count). The summed E-state index contributed by atoms with van der Waals surface area (Å²) in [7, 11) is 0. The van der Waals surface area contributed by atoms with E-state index in [0.717, 1.165) is 19.5 Å². The molecular weight excluding hydrogens is 191 g/mol. The molecule has 1 fully saturated rings. The monoisotopic (exact) mass is 208 g/mol. The van der Waals surface area contributed by atoms with Crippen LogP contribution in [0.2, 0.25) is 0 Å². The molecule has 3 heteroatoms. The summed E-state index contributed by atoms with van der Waals surface area (Å²) in [6.45, 7) is 4.06. The highest BCUT2D eigenvalue weighted by molar-refractivity contribution is 5.20. The normalized spacial score (nSPS) is 19.9. The van der Waals surface area contributed by atoms with Gasteiger partial charge in [0.05, 0.1) is 0 Å². The molecule has 0 aromatic heterocycles. The average Bonchev–Trinajstić information content (AvgIpc) is 2.19. The van der Waals surface area contributed by atoms with Crippen molar-refractivity contribution >= 4 is 0 Å². The smallest absolute Gasteiger partial charge is 0.123 e. The highest BCUT2D eigenvalue weighted by Gasteiger charge is 2.29. The Morgan fingerprint density at radius 2 is 2.00 bits per heavy atom. The average molecular weight is 208 g/mol. The lowest BCUT2D eigenvalue weighted by Gasteiger charge is -2.42. The van der Waals surface area contributed by atoms with Crippen LogP contribution in [0.25, 0.3) is 0 Å². The summed E-state index contributed by atoms with van der Waals surface area (Å²) in [6, 6.07) is 7.50. The summed E-state index contributed by atoms with van der Waals surface area (Å²) in [5.41, 5.74) is 6.95. The summed E-state index contributed by atoms with van der Waals surface area (Å²) in [5.74, 6) is -0.172. The SMILES string of the molecule is CCC(c1ccc(F)cc1)N1CC(N)C1. The van der Waals surface area contributed by atoms with Crippen molar-refractivity contribution in [2.75, 3.05) is 13.1 Å². The Balaban J connectivity index is 2.09. The minimum Gasteiger partial charge on any atom is -0.325 e. The Kier molecular flexibility index (Phi) is 3.03. The van der Waals surface area contributed by atoms with Gasteiger partial charge in [0, 0.05) is 25.2 Å². The van der Waals surface area contributed by atoms with Crippen LogP contribution in [0.3, 0.4) is 0 Å². The molecule has 0 radical (unpaired) electrons. The molecule has 0 saturated carbocycles. The molecule has 1 aliphatic heterocycles. The van der Waals surface area contributed by atoms with Crippen molar-refractivity contribution in [3.63, 3.8) is 0 Å². The van der Waals surface area contributed by atoms with Crippen LogP contribution in [0.5, 0.6) is 0 Å². The standard InChI is InChI=1S/C12H17FN2/c1-2-12(15-7-11(14)8-15)9-3-5-10(13)6-4-9/h3-6,11-12H,2,7-8,14H2,1H3. The van der Waals surface area contributed by atoms with Gasteiger partial charge >= 0.3 is 0 Å². The maximum absolute atomic E-state index is 12.8. The summed E-state index contributed by atoms with van der Waals surface area (Å²) >= 11 is 0. The van der Waals surface area contributed by atoms with Gasteiger partial charge in [-0.3, -0.25) is 4.90 Å². The van der Waals surface area contributed by atoms with E-state index in [9.17, 15) is 4.39 Å². The molecule has 0 aliphatic carbocycles. The molecule has 1 aromatic rings. The summed E-state index contributed by atoms with van der Waals surface area (Å²) in [6.07, 6.45) is 1.04. The molecule has 2 nitrogen and oxygen atoms in total. The minimum atomic E-state index is -0.172. The van der Waals surface area contributed by atoms with Gasteiger partial charge in [0.1, 0.15) is 5.82 Å². The lowest BCUT2D eigenvalue weighted by molar-refractivity contribution is 0.0910. The van der Waals surface area contributed by atoms with Crippen molar-refractivity contribution in [1.29, 1.82) is 0 Å². The topological polar surface area (TPSA) is 29.3 Å². The van der Waals surface area contributed by atoms with Gasteiger partial charge in [-0.25, -0.2) is 4.39 Å². The van der Waals surface area contributed by atoms with E-state index in [0.29, 0.717) is 12.1 Å². The molecule has 1 saturated heterocycles. The van der Waals surface area contributed by atoms with Crippen LogP contribution in [0.4, 0.5) is 4.39 Å². The van der Waals surface area contributed by atoms with Crippen LogP contribution in [0.15, 0.2) is 24.3 Å². The van der Waals surface area contributed by atoms with E-state index < -0.39 is 0 Å². The zero-order valence-corrected chi connectivity index (χ0v) is 8.99. The predicted octanol–water partition coefficient (Wildman–Crippen LogP) is 1.92. The maximum atomic E-state index is 12.8. The molecule has 0 amide bonds. The first-order valence-corrected chi connectivity index (χ1v) is 5.45. The Hall–Kier alpha value is -0.930. The lowest BCUT2D eigenvalue weighted by atomic mass is 9.97. The Labute approximate surface area is 89.9 Å². The second kappa shape index (κ2) is 4.29. The molecule has 15 heavy (non-hydrogen) atoms. The number of halogens is 1. The Morgan fingerprint density at radius 3 is 2.47 bits per heavy atom. The lowest BCUT2D eigenvalue weighted by Crippen LogP contribution is -2.56. The fraction of sp³-hybridized carbons (Fsp3) is 0.500. The first kappa shape index (κ1) is 10.6. The fourth-order valence-corrected chi connectivity index (χ4v) is 2.19. The van der Waals surface area contributed by atoms with Gasteiger partial charge in [-0.1, -0.05) is 19.1 Å². The Morgan fingerprint density at radius 1 is 1.40 bits per heavy atom. The van der Waals surface area contributed by atoms with E-state index in [2.05, 4.69) is 11.8 Å². The number of hydrogen-bond donors (Lipinski definition) is 1. The number of nitrogens with zero attached hydrogens (tertiary/aromatic N) is 1. The molecule has 0 spiro atoms. The van der Waals surface area contributed by atoms with Crippen molar-refractivity contribution in [1.82, 2.24) is 4.90 Å². The molecule has 1 unspecified atom stereocenters. The quantitative estimate of drug-likeness (QED) is 0.822. The predicted molar refractivity (Wildman–Crippen MR) is 59.0 cm³/mol. The fourth-order valence-electron chi connectivity index (χ4n) is 2.19. The van der Waals surface area contributed by atoms with Crippen molar-refractivity contribution in [3.8, 4) is 0 Å². The van der Waals surface area contributed by atoms with E-state index in [1.54, 1.807) is 0 Å². The van der Waals surface area contributed by atoms with E-state index in [1.165, 1.54) is 17.7 Å². The van der Waals surface area contributed by atoms with Gasteiger partial charge in [0.2, 0.25) is 0 Å². The molecule has 82 valence electrons. The van der Waals surface area contributed by atoms with Crippen LogP contribution in [0, 0.1) is 5.82 Å². The maximum Gasteiger partial charge on any atom is 0.123 e. The van der Waals surface area contributed by atoms with Crippen molar-refractivity contribution < 1.29 is 4.39 Å². The summed E-state index contributed by atoms with van der Waals surface area (Å²) < 4.78 is 12.8. The van der Waals surface area contributed by atoms with Gasteiger partial charge < -0.3 is 5.73 Å². The van der Waals surface area contributed by atoms with Crippen molar-refractivity contribution in [3.05, 3.63) is 35.6 Å². The van der Waals surface area contributed by atoms with Crippen LogP contribution in [-0.4, -0.2) is 24.0 Å². The highest BCUT2D eigenvalue weighted by atomic mass is 19.1. The summed E-state index contributed by atoms with van der Waals surface area (Å²) in [4.78, 5) is 2.35. The molecule has 1 atom stereocenters. The van der Waals surface area contributed by atoms with Gasteiger partial charge in [0.15, 0.2) is 0 Å². The second-order valence-corrected chi connectivity index (χ2v) is 4.19. The van der Waals surface area contributed by atoms with E-state index >= 15 is 0 Å². The van der Waals surface area contributed by atoms with E-state index in [-0.39, 0.29) is 5.82 Å². The molecule has 1 heterocycles. The Bertz CT molecular complexity index is 317. The zero-order valence-electron chi connectivity index (χ0n) is 8.99. The van der Waals surface area contributed by atoms with Crippen LogP contribution < -0.4 is 5.73 Å². The molecule has 0 bridgehead atoms. The molecule has 1 aliphatic rings. The number of likely N-dealkylation sites (tertiary alicyclic amines) is 1. The highest BCUT2D eigenvalue weighted by Crippen LogP contribution is 2.27. The largest absolute Gasteiger partial charge is 0.325 e. The second-order valence-electron chi connectivity index (χ2n) is 4.19. The van der Waals surface area contributed by atoms with Crippen molar-refractivity contribution in [2.24, 2.45) is 5.73 Å². The van der Waals surface area contributed by atoms with E-state index in [1.807, 2.05) is 12.1 Å². The number of hydrogen-bond acceptors (Lipinski definition) is 2. The van der Waals surface area contributed by atoms with Gasteiger partial charge in [-0.2, -0.15) is 0 Å².